The van der Waals surface area contributed by atoms with Crippen LogP contribution in [-0.4, -0.2) is 48.0 Å². The molecular formula is C12H21N3OS. The smallest absolute Gasteiger partial charge is 0.232 e. The number of rotatable bonds is 5. The van der Waals surface area contributed by atoms with Crippen molar-refractivity contribution < 1.29 is 4.79 Å². The summed E-state index contributed by atoms with van der Waals surface area (Å²) < 4.78 is 0. The van der Waals surface area contributed by atoms with Crippen LogP contribution in [0.2, 0.25) is 0 Å². The van der Waals surface area contributed by atoms with E-state index in [9.17, 15) is 4.79 Å². The lowest BCUT2D eigenvalue weighted by Gasteiger charge is -2.25. The summed E-state index contributed by atoms with van der Waals surface area (Å²) in [6, 6.07) is 2.11. The molecular weight excluding hydrogens is 234 g/mol. The molecule has 17 heavy (non-hydrogen) atoms. The van der Waals surface area contributed by atoms with Gasteiger partial charge in [0.25, 0.3) is 0 Å². The summed E-state index contributed by atoms with van der Waals surface area (Å²) in [7, 11) is 1.79. The maximum absolute atomic E-state index is 11.9. The molecule has 96 valence electrons. The van der Waals surface area contributed by atoms with Gasteiger partial charge in [-0.3, -0.25) is 4.79 Å². The van der Waals surface area contributed by atoms with Gasteiger partial charge in [-0.1, -0.05) is 0 Å². The van der Waals surface area contributed by atoms with E-state index < -0.39 is 0 Å². The first-order chi connectivity index (χ1) is 8.15. The molecule has 1 aliphatic rings. The molecule has 0 aromatic carbocycles. The predicted molar refractivity (Wildman–Crippen MR) is 70.8 cm³/mol. The van der Waals surface area contributed by atoms with Crippen molar-refractivity contribution in [1.29, 1.82) is 5.26 Å². The third kappa shape index (κ3) is 4.97. The Kier molecular flexibility index (Phi) is 6.38. The molecule has 1 aliphatic heterocycles. The van der Waals surface area contributed by atoms with E-state index in [-0.39, 0.29) is 11.9 Å². The van der Waals surface area contributed by atoms with Crippen LogP contribution < -0.4 is 5.32 Å². The third-order valence-electron chi connectivity index (χ3n) is 3.17. The van der Waals surface area contributed by atoms with Crippen molar-refractivity contribution >= 4 is 17.7 Å². The Balaban J connectivity index is 2.26. The number of nitrogens with zero attached hydrogens (tertiary/aromatic N) is 2. The van der Waals surface area contributed by atoms with E-state index in [0.717, 1.165) is 25.9 Å². The van der Waals surface area contributed by atoms with Gasteiger partial charge in [0.2, 0.25) is 5.91 Å². The van der Waals surface area contributed by atoms with Crippen LogP contribution >= 0.6 is 11.8 Å². The molecule has 1 fully saturated rings. The van der Waals surface area contributed by atoms with Gasteiger partial charge in [0, 0.05) is 18.3 Å². The molecule has 1 rings (SSSR count). The quantitative estimate of drug-likeness (QED) is 0.803. The first-order valence-electron chi connectivity index (χ1n) is 6.10. The fraction of sp³-hybridized carbons (Fsp3) is 0.833. The van der Waals surface area contributed by atoms with Crippen molar-refractivity contribution in [2.24, 2.45) is 0 Å². The van der Waals surface area contributed by atoms with Crippen molar-refractivity contribution in [2.45, 2.75) is 37.5 Å². The highest BCUT2D eigenvalue weighted by atomic mass is 32.2. The number of nitriles is 1. The molecule has 0 aliphatic carbocycles. The Morgan fingerprint density at radius 2 is 2.24 bits per heavy atom. The number of hydrogen-bond acceptors (Lipinski definition) is 4. The highest BCUT2D eigenvalue weighted by molar-refractivity contribution is 8.00. The van der Waals surface area contributed by atoms with E-state index >= 15 is 0 Å². The maximum Gasteiger partial charge on any atom is 0.232 e. The SMILES string of the molecule is CC(CC#N)N(C)C(=O)CSC1CCNCC1. The monoisotopic (exact) mass is 255 g/mol. The van der Waals surface area contributed by atoms with Crippen LogP contribution in [0.3, 0.4) is 0 Å². The second kappa shape index (κ2) is 7.57. The van der Waals surface area contributed by atoms with Gasteiger partial charge in [-0.2, -0.15) is 5.26 Å². The van der Waals surface area contributed by atoms with Crippen molar-refractivity contribution in [3.8, 4) is 6.07 Å². The molecule has 1 atom stereocenters. The van der Waals surface area contributed by atoms with Gasteiger partial charge in [0.1, 0.15) is 0 Å². The lowest BCUT2D eigenvalue weighted by atomic mass is 10.2. The number of amides is 1. The molecule has 1 amide bonds. The molecule has 5 heteroatoms. The summed E-state index contributed by atoms with van der Waals surface area (Å²) >= 11 is 1.76. The van der Waals surface area contributed by atoms with Crippen LogP contribution in [0.15, 0.2) is 0 Å². The van der Waals surface area contributed by atoms with Crippen LogP contribution in [0.25, 0.3) is 0 Å². The number of nitrogens with one attached hydrogen (secondary N) is 1. The molecule has 0 saturated carbocycles. The highest BCUT2D eigenvalue weighted by Crippen LogP contribution is 2.20. The van der Waals surface area contributed by atoms with Crippen molar-refractivity contribution in [2.75, 3.05) is 25.9 Å². The van der Waals surface area contributed by atoms with Gasteiger partial charge in [-0.25, -0.2) is 0 Å². The normalized spacial score (nSPS) is 18.4. The molecule has 0 radical (unpaired) electrons. The van der Waals surface area contributed by atoms with E-state index in [0.29, 0.717) is 17.4 Å². The molecule has 0 spiro atoms. The number of piperidine rings is 1. The topological polar surface area (TPSA) is 56.1 Å². The third-order valence-corrected chi connectivity index (χ3v) is 4.53. The van der Waals surface area contributed by atoms with E-state index in [1.54, 1.807) is 23.7 Å². The highest BCUT2D eigenvalue weighted by Gasteiger charge is 2.19. The van der Waals surface area contributed by atoms with Crippen LogP contribution in [-0.2, 0) is 4.79 Å². The molecule has 0 aromatic rings. The number of carbonyl (C=O) groups excluding carboxylic acids is 1. The Hall–Kier alpha value is -0.730. The fourth-order valence-electron chi connectivity index (χ4n) is 1.77. The van der Waals surface area contributed by atoms with Crippen LogP contribution in [0, 0.1) is 11.3 Å². The first kappa shape index (κ1) is 14.3. The lowest BCUT2D eigenvalue weighted by molar-refractivity contribution is -0.128. The molecule has 0 bridgehead atoms. The predicted octanol–water partition coefficient (Wildman–Crippen LogP) is 1.23. The summed E-state index contributed by atoms with van der Waals surface area (Å²) in [5.74, 6) is 0.674. The summed E-state index contributed by atoms with van der Waals surface area (Å²) in [5.41, 5.74) is 0. The summed E-state index contributed by atoms with van der Waals surface area (Å²) in [6.07, 6.45) is 2.70. The fourth-order valence-corrected chi connectivity index (χ4v) is 2.92. The Labute approximate surface area is 108 Å². The average molecular weight is 255 g/mol. The summed E-state index contributed by atoms with van der Waals surface area (Å²) in [4.78, 5) is 13.6. The zero-order valence-electron chi connectivity index (χ0n) is 10.6. The van der Waals surface area contributed by atoms with Gasteiger partial charge in [-0.05, 0) is 32.9 Å². The van der Waals surface area contributed by atoms with Crippen LogP contribution in [0.4, 0.5) is 0 Å². The van der Waals surface area contributed by atoms with E-state index in [1.165, 1.54) is 0 Å². The summed E-state index contributed by atoms with van der Waals surface area (Å²) in [5, 5.41) is 12.5. The Morgan fingerprint density at radius 3 is 2.82 bits per heavy atom. The maximum atomic E-state index is 11.9. The van der Waals surface area contributed by atoms with Crippen molar-refractivity contribution in [3.05, 3.63) is 0 Å². The Bertz CT molecular complexity index is 284. The van der Waals surface area contributed by atoms with Gasteiger partial charge < -0.3 is 10.2 Å². The van der Waals surface area contributed by atoms with Crippen LogP contribution in [0.1, 0.15) is 26.2 Å². The molecule has 1 heterocycles. The zero-order valence-corrected chi connectivity index (χ0v) is 11.4. The second-order valence-corrected chi connectivity index (χ2v) is 5.76. The molecule has 1 saturated heterocycles. The standard InChI is InChI=1S/C12H21N3OS/c1-10(3-6-13)15(2)12(16)9-17-11-4-7-14-8-5-11/h10-11,14H,3-5,7-9H2,1-2H3. The molecule has 4 nitrogen and oxygen atoms in total. The van der Waals surface area contributed by atoms with Crippen LogP contribution in [0.5, 0.6) is 0 Å². The minimum atomic E-state index is 0.0149. The van der Waals surface area contributed by atoms with Gasteiger partial charge in [-0.15, -0.1) is 11.8 Å². The minimum absolute atomic E-state index is 0.0149. The molecule has 1 N–H and O–H groups in total. The second-order valence-electron chi connectivity index (χ2n) is 4.48. The van der Waals surface area contributed by atoms with Gasteiger partial charge in [0.15, 0.2) is 0 Å². The lowest BCUT2D eigenvalue weighted by Crippen LogP contribution is -2.37. The number of hydrogen-bond donors (Lipinski definition) is 1. The Morgan fingerprint density at radius 1 is 1.59 bits per heavy atom. The van der Waals surface area contributed by atoms with Crippen molar-refractivity contribution in [1.82, 2.24) is 10.2 Å². The van der Waals surface area contributed by atoms with E-state index in [4.69, 9.17) is 5.26 Å². The van der Waals surface area contributed by atoms with E-state index in [2.05, 4.69) is 11.4 Å². The van der Waals surface area contributed by atoms with Crippen molar-refractivity contribution in [3.63, 3.8) is 0 Å². The van der Waals surface area contributed by atoms with E-state index in [1.807, 2.05) is 6.92 Å². The molecule has 1 unspecified atom stereocenters. The van der Waals surface area contributed by atoms with Gasteiger partial charge >= 0.3 is 0 Å². The zero-order chi connectivity index (χ0) is 12.7. The average Bonchev–Trinajstić information content (AvgIpc) is 2.36. The number of thioether (sulfide) groups is 1. The van der Waals surface area contributed by atoms with Gasteiger partial charge in [0.05, 0.1) is 18.2 Å². The minimum Gasteiger partial charge on any atom is -0.341 e. The summed E-state index contributed by atoms with van der Waals surface area (Å²) in [6.45, 7) is 4.04. The first-order valence-corrected chi connectivity index (χ1v) is 7.15. The number of carbonyl (C=O) groups is 1. The molecule has 0 aromatic heterocycles. The largest absolute Gasteiger partial charge is 0.341 e.